The van der Waals surface area contributed by atoms with Crippen LogP contribution in [0.2, 0.25) is 0 Å². The standard InChI is InChI=1S/C20H18F3N5O2Se/c1-25-18(29)12-5-6-14(16(11-12)30-2)26-7-3-4-13-10-15-17(24)27-8-9-28(15)19(13)31-20(21,22)23/h5-6,8-11,26H,7H2,1-2H3,(H2,24,27)(H,25,29). The quantitative estimate of drug-likeness (QED) is 0.369. The van der Waals surface area contributed by atoms with Gasteiger partial charge in [-0.1, -0.05) is 0 Å². The molecule has 0 aliphatic carbocycles. The van der Waals surface area contributed by atoms with Crippen LogP contribution in [0.15, 0.2) is 36.7 Å². The van der Waals surface area contributed by atoms with E-state index in [9.17, 15) is 18.0 Å². The molecule has 0 unspecified atom stereocenters. The van der Waals surface area contributed by atoms with E-state index in [4.69, 9.17) is 10.5 Å². The predicted octanol–water partition coefficient (Wildman–Crippen LogP) is 1.60. The molecule has 2 heterocycles. The van der Waals surface area contributed by atoms with Crippen molar-refractivity contribution in [2.75, 3.05) is 31.8 Å². The molecule has 3 rings (SSSR count). The first-order chi connectivity index (χ1) is 14.7. The molecule has 11 heteroatoms. The number of carbonyl (C=O) groups is 1. The van der Waals surface area contributed by atoms with Crippen molar-refractivity contribution in [2.24, 2.45) is 0 Å². The fourth-order valence-corrected chi connectivity index (χ4v) is 4.27. The van der Waals surface area contributed by atoms with Gasteiger partial charge in [-0.3, -0.25) is 0 Å². The molecule has 4 N–H and O–H groups in total. The zero-order valence-corrected chi connectivity index (χ0v) is 18.2. The average molecular weight is 496 g/mol. The van der Waals surface area contributed by atoms with E-state index in [-0.39, 0.29) is 28.4 Å². The van der Waals surface area contributed by atoms with E-state index in [0.717, 1.165) is 0 Å². The van der Waals surface area contributed by atoms with E-state index in [1.807, 2.05) is 0 Å². The first kappa shape index (κ1) is 22.3. The van der Waals surface area contributed by atoms with Gasteiger partial charge in [-0.15, -0.1) is 0 Å². The fraction of sp³-hybridized carbons (Fsp3) is 0.200. The normalized spacial score (nSPS) is 11.0. The molecule has 1 aromatic carbocycles. The molecule has 0 saturated carbocycles. The summed E-state index contributed by atoms with van der Waals surface area (Å²) in [6, 6.07) is 6.38. The number of amides is 1. The first-order valence-corrected chi connectivity index (χ1v) is 10.6. The molecule has 3 aromatic rings. The number of aromatic nitrogens is 2. The third-order valence-electron chi connectivity index (χ3n) is 4.18. The number of fused-ring (bicyclic) bond motifs is 1. The Balaban J connectivity index is 1.84. The summed E-state index contributed by atoms with van der Waals surface area (Å²) < 4.78 is 46.0. The van der Waals surface area contributed by atoms with E-state index in [1.54, 1.807) is 18.2 Å². The van der Waals surface area contributed by atoms with E-state index < -0.39 is 20.0 Å². The van der Waals surface area contributed by atoms with Gasteiger partial charge in [0.25, 0.3) is 0 Å². The van der Waals surface area contributed by atoms with Crippen molar-refractivity contribution in [1.29, 1.82) is 0 Å². The van der Waals surface area contributed by atoms with Gasteiger partial charge in [0.1, 0.15) is 0 Å². The van der Waals surface area contributed by atoms with Crippen LogP contribution in [0.3, 0.4) is 0 Å². The van der Waals surface area contributed by atoms with Crippen molar-refractivity contribution in [1.82, 2.24) is 14.7 Å². The average Bonchev–Trinajstić information content (AvgIpc) is 3.07. The summed E-state index contributed by atoms with van der Waals surface area (Å²) in [5.74, 6) is 5.95. The maximum atomic E-state index is 13.1. The Labute approximate surface area is 182 Å². The van der Waals surface area contributed by atoms with Gasteiger partial charge in [0.05, 0.1) is 0 Å². The van der Waals surface area contributed by atoms with E-state index >= 15 is 0 Å². The summed E-state index contributed by atoms with van der Waals surface area (Å²) in [6.45, 7) is 0.147. The van der Waals surface area contributed by atoms with Crippen LogP contribution in [0.5, 0.6) is 5.75 Å². The number of benzene rings is 1. The molecule has 0 atom stereocenters. The van der Waals surface area contributed by atoms with Gasteiger partial charge < -0.3 is 0 Å². The number of nitrogens with one attached hydrogen (secondary N) is 2. The van der Waals surface area contributed by atoms with Crippen LogP contribution >= 0.6 is 0 Å². The number of nitrogen functional groups attached to an aromatic ring is 1. The number of carbonyl (C=O) groups excluding carboxylic acids is 1. The molecule has 0 radical (unpaired) electrons. The zero-order valence-electron chi connectivity index (χ0n) is 16.5. The molecule has 7 nitrogen and oxygen atoms in total. The number of anilines is 2. The molecule has 31 heavy (non-hydrogen) atoms. The second-order valence-corrected chi connectivity index (χ2v) is 8.34. The fourth-order valence-electron chi connectivity index (χ4n) is 2.80. The van der Waals surface area contributed by atoms with Crippen LogP contribution in [0.1, 0.15) is 15.9 Å². The van der Waals surface area contributed by atoms with Crippen LogP contribution in [-0.4, -0.2) is 56.0 Å². The summed E-state index contributed by atoms with van der Waals surface area (Å²) in [5, 5.41) is 1.23. The van der Waals surface area contributed by atoms with Crippen LogP contribution in [0.4, 0.5) is 24.7 Å². The number of nitrogens with zero attached hydrogens (tertiary/aromatic N) is 2. The number of hydrogen-bond acceptors (Lipinski definition) is 5. The summed E-state index contributed by atoms with van der Waals surface area (Å²) in [4.78, 5) is 15.7. The van der Waals surface area contributed by atoms with Gasteiger partial charge in [0.15, 0.2) is 0 Å². The molecule has 0 aliphatic heterocycles. The molecular formula is C20H18F3N5O2Se. The Morgan fingerprint density at radius 2 is 2.13 bits per heavy atom. The van der Waals surface area contributed by atoms with Crippen LogP contribution in [-0.2, 0) is 0 Å². The summed E-state index contributed by atoms with van der Waals surface area (Å²) in [6.07, 6.45) is 2.79. The van der Waals surface area contributed by atoms with Crippen molar-refractivity contribution in [3.05, 3.63) is 47.8 Å². The number of hydrogen-bond donors (Lipinski definition) is 3. The van der Waals surface area contributed by atoms with Gasteiger partial charge in [-0.2, -0.15) is 0 Å². The van der Waals surface area contributed by atoms with Gasteiger partial charge in [-0.05, 0) is 0 Å². The summed E-state index contributed by atoms with van der Waals surface area (Å²) >= 11 is -1.80. The van der Waals surface area contributed by atoms with Crippen LogP contribution in [0, 0.1) is 11.8 Å². The number of methoxy groups -OCH3 is 1. The zero-order chi connectivity index (χ0) is 22.6. The number of rotatable bonds is 5. The van der Waals surface area contributed by atoms with Crippen molar-refractivity contribution in [3.63, 3.8) is 0 Å². The first-order valence-electron chi connectivity index (χ1n) is 8.87. The van der Waals surface area contributed by atoms with E-state index in [1.165, 1.54) is 37.0 Å². The topological polar surface area (TPSA) is 93.7 Å². The van der Waals surface area contributed by atoms with Gasteiger partial charge >= 0.3 is 175 Å². The molecule has 0 aliphatic rings. The third-order valence-corrected chi connectivity index (χ3v) is 5.94. The number of nitrogens with two attached hydrogens (primary N) is 1. The third kappa shape index (κ3) is 5.23. The summed E-state index contributed by atoms with van der Waals surface area (Å²) in [7, 11) is 3.00. The Morgan fingerprint density at radius 3 is 2.81 bits per heavy atom. The minimum atomic E-state index is -4.34. The van der Waals surface area contributed by atoms with E-state index in [0.29, 0.717) is 22.5 Å². The molecule has 0 saturated heterocycles. The molecule has 0 spiro atoms. The number of ether oxygens (including phenoxy) is 1. The van der Waals surface area contributed by atoms with Crippen molar-refractivity contribution in [2.45, 2.75) is 5.07 Å². The monoisotopic (exact) mass is 497 g/mol. The number of alkyl halides is 3. The Kier molecular flexibility index (Phi) is 6.63. The Morgan fingerprint density at radius 1 is 1.35 bits per heavy atom. The van der Waals surface area contributed by atoms with Gasteiger partial charge in [0.2, 0.25) is 0 Å². The molecular weight excluding hydrogens is 478 g/mol. The molecule has 0 bridgehead atoms. The molecule has 162 valence electrons. The Bertz CT molecular complexity index is 1180. The predicted molar refractivity (Wildman–Crippen MR) is 113 cm³/mol. The van der Waals surface area contributed by atoms with Crippen molar-refractivity contribution < 1.29 is 22.7 Å². The van der Waals surface area contributed by atoms with Gasteiger partial charge in [0, 0.05) is 7.05 Å². The second-order valence-electron chi connectivity index (χ2n) is 6.13. The second kappa shape index (κ2) is 9.20. The van der Waals surface area contributed by atoms with Crippen molar-refractivity contribution in [3.8, 4) is 17.6 Å². The van der Waals surface area contributed by atoms with Crippen LogP contribution < -0.4 is 25.7 Å². The molecule has 0 fully saturated rings. The Hall–Kier alpha value is -3.35. The maximum absolute atomic E-state index is 13.1. The molecule has 1 amide bonds. The SMILES string of the molecule is CNC(=O)c1ccc(NCC#Cc2cc3c(N)nccn3c2[Se]C(F)(F)F)c(OC)c1. The minimum absolute atomic E-state index is 0.0594. The summed E-state index contributed by atoms with van der Waals surface area (Å²) in [5.41, 5.74) is 7.46. The van der Waals surface area contributed by atoms with Gasteiger partial charge in [-0.25, -0.2) is 0 Å². The van der Waals surface area contributed by atoms with E-state index in [2.05, 4.69) is 27.5 Å². The molecule has 2 aromatic heterocycles. The van der Waals surface area contributed by atoms with Crippen molar-refractivity contribution >= 4 is 42.5 Å². The number of halogens is 3. The van der Waals surface area contributed by atoms with Crippen LogP contribution in [0.25, 0.3) is 5.52 Å².